The molecule has 18 heavy (non-hydrogen) atoms. The molecule has 1 aliphatic carbocycles. The summed E-state index contributed by atoms with van der Waals surface area (Å²) in [5.41, 5.74) is 1.52. The molecular weight excluding hydrogens is 227 g/mol. The van der Waals surface area contributed by atoms with E-state index in [1.807, 2.05) is 12.1 Å². The Morgan fingerprint density at radius 2 is 2.06 bits per heavy atom. The van der Waals surface area contributed by atoms with E-state index in [1.54, 1.807) is 12.1 Å². The van der Waals surface area contributed by atoms with Gasteiger partial charge < -0.3 is 14.8 Å². The molecule has 1 aliphatic rings. The zero-order valence-corrected chi connectivity index (χ0v) is 10.9. The number of hydrogen-bond donors (Lipinski definition) is 2. The lowest BCUT2D eigenvalue weighted by Gasteiger charge is -2.28. The van der Waals surface area contributed by atoms with E-state index in [4.69, 9.17) is 14.8 Å². The van der Waals surface area contributed by atoms with Crippen molar-refractivity contribution in [1.82, 2.24) is 0 Å². The van der Waals surface area contributed by atoms with Gasteiger partial charge >= 0.3 is 7.12 Å². The molecule has 2 rings (SSSR count). The van der Waals surface area contributed by atoms with Gasteiger partial charge in [0.05, 0.1) is 12.7 Å². The summed E-state index contributed by atoms with van der Waals surface area (Å²) in [5.74, 6) is 0.630. The van der Waals surface area contributed by atoms with Crippen molar-refractivity contribution in [2.45, 2.75) is 45.3 Å². The zero-order chi connectivity index (χ0) is 13.0. The fourth-order valence-corrected chi connectivity index (χ4v) is 2.58. The quantitative estimate of drug-likeness (QED) is 0.793. The molecule has 0 aromatic heterocycles. The number of ether oxygens (including phenoxy) is 1. The summed E-state index contributed by atoms with van der Waals surface area (Å²) in [5, 5.41) is 18.2. The average molecular weight is 248 g/mol. The first kappa shape index (κ1) is 13.6. The number of benzene rings is 1. The smallest absolute Gasteiger partial charge is 0.423 e. The predicted octanol–water partition coefficient (Wildman–Crippen LogP) is 1.46. The molecule has 0 aliphatic heterocycles. The second kappa shape index (κ2) is 6.37. The molecule has 98 valence electrons. The van der Waals surface area contributed by atoms with Gasteiger partial charge in [-0.2, -0.15) is 0 Å². The fraction of sp³-hybridized carbons (Fsp3) is 0.571. The average Bonchev–Trinajstić information content (AvgIpc) is 2.38. The zero-order valence-electron chi connectivity index (χ0n) is 10.9. The van der Waals surface area contributed by atoms with Crippen molar-refractivity contribution < 1.29 is 14.8 Å². The second-order valence-electron chi connectivity index (χ2n) is 5.23. The molecule has 0 radical (unpaired) electrons. The molecular formula is C14H21BO3. The lowest BCUT2D eigenvalue weighted by molar-refractivity contribution is -0.0154. The predicted molar refractivity (Wildman–Crippen MR) is 72.5 cm³/mol. The Bertz CT molecular complexity index is 381. The van der Waals surface area contributed by atoms with Crippen LogP contribution in [0.4, 0.5) is 0 Å². The molecule has 2 unspecified atom stereocenters. The van der Waals surface area contributed by atoms with E-state index in [2.05, 4.69) is 6.92 Å². The van der Waals surface area contributed by atoms with Crippen LogP contribution in [-0.4, -0.2) is 23.3 Å². The molecule has 2 atom stereocenters. The van der Waals surface area contributed by atoms with Gasteiger partial charge in [-0.25, -0.2) is 0 Å². The molecule has 3 nitrogen and oxygen atoms in total. The maximum absolute atomic E-state index is 9.12. The van der Waals surface area contributed by atoms with Crippen LogP contribution in [0.2, 0.25) is 0 Å². The molecule has 2 N–H and O–H groups in total. The molecule has 0 bridgehead atoms. The topological polar surface area (TPSA) is 49.7 Å². The van der Waals surface area contributed by atoms with E-state index in [-0.39, 0.29) is 0 Å². The summed E-state index contributed by atoms with van der Waals surface area (Å²) in [6.45, 7) is 2.80. The van der Waals surface area contributed by atoms with E-state index in [0.717, 1.165) is 12.0 Å². The summed E-state index contributed by atoms with van der Waals surface area (Å²) < 4.78 is 5.95. The first-order valence-corrected chi connectivity index (χ1v) is 6.73. The summed E-state index contributed by atoms with van der Waals surface area (Å²) in [6, 6.07) is 7.28. The van der Waals surface area contributed by atoms with Gasteiger partial charge in [-0.3, -0.25) is 0 Å². The Hall–Kier alpha value is -0.835. The molecule has 4 heteroatoms. The molecule has 0 saturated heterocycles. The lowest BCUT2D eigenvalue weighted by atomic mass is 9.80. The van der Waals surface area contributed by atoms with Crippen molar-refractivity contribution in [2.75, 3.05) is 0 Å². The molecule has 1 aromatic carbocycles. The van der Waals surface area contributed by atoms with Crippen molar-refractivity contribution in [3.63, 3.8) is 0 Å². The third-order valence-corrected chi connectivity index (χ3v) is 3.75. The minimum atomic E-state index is -1.40. The van der Waals surface area contributed by atoms with Crippen molar-refractivity contribution in [1.29, 1.82) is 0 Å². The van der Waals surface area contributed by atoms with Crippen LogP contribution >= 0.6 is 0 Å². The Labute approximate surface area is 109 Å². The van der Waals surface area contributed by atoms with E-state index in [0.29, 0.717) is 24.1 Å². The monoisotopic (exact) mass is 248 g/mol. The lowest BCUT2D eigenvalue weighted by Crippen LogP contribution is -2.30. The Morgan fingerprint density at radius 3 is 2.78 bits per heavy atom. The van der Waals surface area contributed by atoms with Crippen LogP contribution in [0, 0.1) is 5.92 Å². The highest BCUT2D eigenvalue weighted by Gasteiger charge is 2.21. The van der Waals surface area contributed by atoms with Gasteiger partial charge in [0.25, 0.3) is 0 Å². The van der Waals surface area contributed by atoms with E-state index in [9.17, 15) is 0 Å². The highest BCUT2D eigenvalue weighted by molar-refractivity contribution is 6.58. The molecule has 0 spiro atoms. The van der Waals surface area contributed by atoms with Crippen LogP contribution in [0.15, 0.2) is 24.3 Å². The maximum Gasteiger partial charge on any atom is 0.488 e. The molecule has 0 amide bonds. The second-order valence-corrected chi connectivity index (χ2v) is 5.23. The first-order valence-electron chi connectivity index (χ1n) is 6.73. The minimum Gasteiger partial charge on any atom is -0.423 e. The fourth-order valence-electron chi connectivity index (χ4n) is 2.58. The van der Waals surface area contributed by atoms with Gasteiger partial charge in [0.15, 0.2) is 0 Å². The van der Waals surface area contributed by atoms with Crippen LogP contribution < -0.4 is 5.46 Å². The van der Waals surface area contributed by atoms with Gasteiger partial charge in [-0.15, -0.1) is 0 Å². The molecule has 1 saturated carbocycles. The van der Waals surface area contributed by atoms with Gasteiger partial charge in [-0.1, -0.05) is 44.0 Å². The minimum absolute atomic E-state index is 0.349. The van der Waals surface area contributed by atoms with Gasteiger partial charge in [0.2, 0.25) is 0 Å². The van der Waals surface area contributed by atoms with Gasteiger partial charge in [0, 0.05) is 0 Å². The van der Waals surface area contributed by atoms with Crippen LogP contribution in [0.3, 0.4) is 0 Å². The third-order valence-electron chi connectivity index (χ3n) is 3.75. The van der Waals surface area contributed by atoms with Crippen molar-refractivity contribution in [3.05, 3.63) is 29.8 Å². The van der Waals surface area contributed by atoms with Gasteiger partial charge in [0.1, 0.15) is 0 Å². The Morgan fingerprint density at radius 1 is 1.28 bits per heavy atom. The summed E-state index contributed by atoms with van der Waals surface area (Å²) >= 11 is 0. The SMILES string of the molecule is CC1CCCCC1OCc1cccc(B(O)O)c1. The van der Waals surface area contributed by atoms with Crippen LogP contribution in [0.5, 0.6) is 0 Å². The molecule has 1 aromatic rings. The van der Waals surface area contributed by atoms with Crippen molar-refractivity contribution >= 4 is 12.6 Å². The summed E-state index contributed by atoms with van der Waals surface area (Å²) in [7, 11) is -1.40. The molecule has 0 heterocycles. The number of hydrogen-bond acceptors (Lipinski definition) is 3. The maximum atomic E-state index is 9.12. The first-order chi connectivity index (χ1) is 8.66. The van der Waals surface area contributed by atoms with E-state index >= 15 is 0 Å². The van der Waals surface area contributed by atoms with Crippen molar-refractivity contribution in [2.24, 2.45) is 5.92 Å². The largest absolute Gasteiger partial charge is 0.488 e. The molecule has 1 fully saturated rings. The summed E-state index contributed by atoms with van der Waals surface area (Å²) in [4.78, 5) is 0. The normalized spacial score (nSPS) is 23.9. The Balaban J connectivity index is 1.91. The van der Waals surface area contributed by atoms with Gasteiger partial charge in [-0.05, 0) is 29.8 Å². The van der Waals surface area contributed by atoms with Crippen LogP contribution in [-0.2, 0) is 11.3 Å². The van der Waals surface area contributed by atoms with Crippen LogP contribution in [0.1, 0.15) is 38.2 Å². The highest BCUT2D eigenvalue weighted by atomic mass is 16.5. The van der Waals surface area contributed by atoms with Crippen molar-refractivity contribution in [3.8, 4) is 0 Å². The summed E-state index contributed by atoms with van der Waals surface area (Å²) in [6.07, 6.45) is 5.31. The van der Waals surface area contributed by atoms with E-state index in [1.165, 1.54) is 19.3 Å². The van der Waals surface area contributed by atoms with Crippen LogP contribution in [0.25, 0.3) is 0 Å². The standard InChI is InChI=1S/C14H21BO3/c1-11-5-2-3-8-14(11)18-10-12-6-4-7-13(9-12)15(16)17/h4,6-7,9,11,14,16-17H,2-3,5,8,10H2,1H3. The third kappa shape index (κ3) is 3.58. The Kier molecular flexibility index (Phi) is 4.81. The van der Waals surface area contributed by atoms with E-state index < -0.39 is 7.12 Å². The highest BCUT2D eigenvalue weighted by Crippen LogP contribution is 2.26. The number of rotatable bonds is 4.